The number of benzene rings is 1. The topological polar surface area (TPSA) is 99.3 Å². The van der Waals surface area contributed by atoms with Gasteiger partial charge in [0.1, 0.15) is 5.69 Å². The zero-order valence-electron chi connectivity index (χ0n) is 20.2. The molecule has 5 aromatic heterocycles. The Morgan fingerprint density at radius 2 is 1.87 bits per heavy atom. The molecule has 0 bridgehead atoms. The zero-order chi connectivity index (χ0) is 25.7. The predicted molar refractivity (Wildman–Crippen MR) is 140 cm³/mol. The fourth-order valence-corrected chi connectivity index (χ4v) is 5.07. The number of hydrogen-bond acceptors (Lipinski definition) is 6. The second-order valence-electron chi connectivity index (χ2n) is 9.61. The molecule has 7 rings (SSSR count). The Hall–Kier alpha value is -4.57. The molecular formula is C28H22F2N8. The number of nitrogens with one attached hydrogen (secondary N) is 2. The fourth-order valence-electron chi connectivity index (χ4n) is 5.07. The number of alkyl halides is 2. The maximum absolute atomic E-state index is 13.6. The average molecular weight is 509 g/mol. The molecule has 1 aliphatic heterocycles. The summed E-state index contributed by atoms with van der Waals surface area (Å²) in [6.07, 6.45) is 8.65. The summed E-state index contributed by atoms with van der Waals surface area (Å²) in [5.74, 6) is -1.98. The first kappa shape index (κ1) is 22.6. The third-order valence-electron chi connectivity index (χ3n) is 6.90. The minimum absolute atomic E-state index is 0.104. The first-order valence-corrected chi connectivity index (χ1v) is 12.3. The van der Waals surface area contributed by atoms with Crippen molar-refractivity contribution in [3.05, 3.63) is 79.0 Å². The van der Waals surface area contributed by atoms with Crippen LogP contribution in [0, 0.1) is 0 Å². The van der Waals surface area contributed by atoms with E-state index in [4.69, 9.17) is 4.98 Å². The van der Waals surface area contributed by atoms with Gasteiger partial charge in [0.15, 0.2) is 5.82 Å². The first-order valence-electron chi connectivity index (χ1n) is 12.3. The van der Waals surface area contributed by atoms with Crippen molar-refractivity contribution in [1.82, 2.24) is 40.0 Å². The number of rotatable bonds is 5. The molecule has 10 heteroatoms. The van der Waals surface area contributed by atoms with Gasteiger partial charge in [0, 0.05) is 66.4 Å². The SMILES string of the molecule is FC1(F)CCN(Cc2cncc(-c3cc4c(-c5nc6c(-c7cccnc7)cccc6[nH]5)n[nH]c4cn3)c2)C1. The van der Waals surface area contributed by atoms with Gasteiger partial charge in [-0.1, -0.05) is 18.2 Å². The molecule has 0 amide bonds. The van der Waals surface area contributed by atoms with Crippen molar-refractivity contribution in [2.75, 3.05) is 13.1 Å². The van der Waals surface area contributed by atoms with Gasteiger partial charge in [-0.15, -0.1) is 0 Å². The molecule has 2 N–H and O–H groups in total. The van der Waals surface area contributed by atoms with Crippen molar-refractivity contribution in [2.45, 2.75) is 18.9 Å². The number of halogens is 2. The van der Waals surface area contributed by atoms with E-state index in [-0.39, 0.29) is 13.0 Å². The Labute approximate surface area is 215 Å². The predicted octanol–water partition coefficient (Wildman–Crippen LogP) is 5.47. The Kier molecular flexibility index (Phi) is 5.22. The van der Waals surface area contributed by atoms with E-state index in [9.17, 15) is 8.78 Å². The summed E-state index contributed by atoms with van der Waals surface area (Å²) in [4.78, 5) is 23.3. The molecule has 188 valence electrons. The Morgan fingerprint density at radius 1 is 0.947 bits per heavy atom. The van der Waals surface area contributed by atoms with Crippen LogP contribution >= 0.6 is 0 Å². The van der Waals surface area contributed by atoms with Crippen LogP contribution in [-0.4, -0.2) is 59.0 Å². The van der Waals surface area contributed by atoms with Crippen LogP contribution in [-0.2, 0) is 6.54 Å². The summed E-state index contributed by atoms with van der Waals surface area (Å²) in [6.45, 7) is 0.577. The van der Waals surface area contributed by atoms with Crippen molar-refractivity contribution >= 4 is 21.9 Å². The summed E-state index contributed by atoms with van der Waals surface area (Å²) in [5.41, 5.74) is 7.56. The fraction of sp³-hybridized carbons (Fsp3) is 0.179. The third kappa shape index (κ3) is 4.08. The average Bonchev–Trinajstić information content (AvgIpc) is 3.64. The number of aromatic nitrogens is 7. The monoisotopic (exact) mass is 508 g/mol. The van der Waals surface area contributed by atoms with Crippen molar-refractivity contribution in [3.8, 4) is 33.9 Å². The van der Waals surface area contributed by atoms with Crippen molar-refractivity contribution in [1.29, 1.82) is 0 Å². The van der Waals surface area contributed by atoms with Gasteiger partial charge < -0.3 is 4.98 Å². The molecular weight excluding hydrogens is 486 g/mol. The van der Waals surface area contributed by atoms with Crippen LogP contribution in [0.3, 0.4) is 0 Å². The molecule has 0 saturated carbocycles. The van der Waals surface area contributed by atoms with Gasteiger partial charge in [0.05, 0.1) is 35.0 Å². The van der Waals surface area contributed by atoms with Gasteiger partial charge >= 0.3 is 0 Å². The molecule has 0 unspecified atom stereocenters. The Bertz CT molecular complexity index is 1780. The molecule has 38 heavy (non-hydrogen) atoms. The van der Waals surface area contributed by atoms with Gasteiger partial charge in [-0.2, -0.15) is 5.10 Å². The van der Waals surface area contributed by atoms with Crippen molar-refractivity contribution < 1.29 is 8.78 Å². The largest absolute Gasteiger partial charge is 0.337 e. The van der Waals surface area contributed by atoms with Crippen LogP contribution in [0.15, 0.2) is 73.4 Å². The normalized spacial score (nSPS) is 15.5. The highest BCUT2D eigenvalue weighted by Crippen LogP contribution is 2.33. The molecule has 6 aromatic rings. The van der Waals surface area contributed by atoms with Crippen LogP contribution in [0.1, 0.15) is 12.0 Å². The molecule has 1 aromatic carbocycles. The minimum Gasteiger partial charge on any atom is -0.337 e. The molecule has 0 aliphatic carbocycles. The molecule has 6 heterocycles. The summed E-state index contributed by atoms with van der Waals surface area (Å²) < 4.78 is 27.3. The number of hydrogen-bond donors (Lipinski definition) is 2. The van der Waals surface area contributed by atoms with E-state index in [2.05, 4.69) is 30.1 Å². The van der Waals surface area contributed by atoms with Gasteiger partial charge in [0.2, 0.25) is 0 Å². The van der Waals surface area contributed by atoms with Gasteiger partial charge in [-0.25, -0.2) is 13.8 Å². The number of fused-ring (bicyclic) bond motifs is 2. The summed E-state index contributed by atoms with van der Waals surface area (Å²) in [7, 11) is 0. The lowest BCUT2D eigenvalue weighted by Gasteiger charge is -2.15. The molecule has 8 nitrogen and oxygen atoms in total. The van der Waals surface area contributed by atoms with E-state index >= 15 is 0 Å². The van der Waals surface area contributed by atoms with Crippen molar-refractivity contribution in [2.24, 2.45) is 0 Å². The van der Waals surface area contributed by atoms with E-state index < -0.39 is 5.92 Å². The third-order valence-corrected chi connectivity index (χ3v) is 6.90. The second-order valence-corrected chi connectivity index (χ2v) is 9.61. The number of pyridine rings is 3. The minimum atomic E-state index is -2.62. The smallest absolute Gasteiger partial charge is 0.261 e. The number of aromatic amines is 2. The highest BCUT2D eigenvalue weighted by Gasteiger charge is 2.37. The molecule has 0 spiro atoms. The van der Waals surface area contributed by atoms with Crippen LogP contribution in [0.2, 0.25) is 0 Å². The van der Waals surface area contributed by atoms with E-state index in [1.54, 1.807) is 29.7 Å². The van der Waals surface area contributed by atoms with E-state index in [0.29, 0.717) is 30.3 Å². The van der Waals surface area contributed by atoms with Gasteiger partial charge in [-0.3, -0.25) is 25.0 Å². The Morgan fingerprint density at radius 3 is 2.71 bits per heavy atom. The van der Waals surface area contributed by atoms with E-state index in [1.807, 2.05) is 48.7 Å². The number of likely N-dealkylation sites (tertiary alicyclic amines) is 1. The molecule has 1 fully saturated rings. The van der Waals surface area contributed by atoms with Gasteiger partial charge in [0.25, 0.3) is 5.92 Å². The van der Waals surface area contributed by atoms with E-state index in [1.165, 1.54) is 0 Å². The van der Waals surface area contributed by atoms with Crippen LogP contribution in [0.25, 0.3) is 55.8 Å². The lowest BCUT2D eigenvalue weighted by atomic mass is 10.1. The van der Waals surface area contributed by atoms with Gasteiger partial charge in [-0.05, 0) is 29.8 Å². The number of imidazole rings is 1. The quantitative estimate of drug-likeness (QED) is 0.321. The summed E-state index contributed by atoms with van der Waals surface area (Å²) in [6, 6.07) is 13.8. The summed E-state index contributed by atoms with van der Waals surface area (Å²) >= 11 is 0. The highest BCUT2D eigenvalue weighted by molar-refractivity contribution is 5.97. The van der Waals surface area contributed by atoms with Crippen molar-refractivity contribution in [3.63, 3.8) is 0 Å². The molecule has 0 atom stereocenters. The lowest BCUT2D eigenvalue weighted by Crippen LogP contribution is -2.24. The van der Waals surface area contributed by atoms with Crippen LogP contribution in [0.4, 0.5) is 8.78 Å². The number of H-pyrrole nitrogens is 2. The Balaban J connectivity index is 1.24. The molecule has 1 aliphatic rings. The summed E-state index contributed by atoms with van der Waals surface area (Å²) in [5, 5.41) is 8.44. The molecule has 0 radical (unpaired) electrons. The van der Waals surface area contributed by atoms with Crippen LogP contribution in [0.5, 0.6) is 0 Å². The van der Waals surface area contributed by atoms with Crippen LogP contribution < -0.4 is 0 Å². The highest BCUT2D eigenvalue weighted by atomic mass is 19.3. The lowest BCUT2D eigenvalue weighted by molar-refractivity contribution is 0.0115. The maximum atomic E-state index is 13.6. The number of para-hydroxylation sites is 1. The standard InChI is InChI=1S/C28H22F2N8/c29-28(30)6-8-38(16-28)15-17-9-19(13-32-11-17)23-10-21-24(14-33-23)36-37-26(21)27-34-22-5-1-4-20(25(22)35-27)18-3-2-7-31-12-18/h1-5,7,9-14H,6,8,15-16H2,(H,34,35)(H,36,37). The maximum Gasteiger partial charge on any atom is 0.261 e. The molecule has 1 saturated heterocycles. The number of nitrogens with zero attached hydrogens (tertiary/aromatic N) is 6. The second kappa shape index (κ2) is 8.77. The first-order chi connectivity index (χ1) is 18.5. The van der Waals surface area contributed by atoms with E-state index in [0.717, 1.165) is 44.2 Å². The zero-order valence-corrected chi connectivity index (χ0v) is 20.2.